The van der Waals surface area contributed by atoms with Crippen LogP contribution in [0.5, 0.6) is 11.5 Å². The van der Waals surface area contributed by atoms with Gasteiger partial charge < -0.3 is 20.8 Å². The Morgan fingerprint density at radius 2 is 1.75 bits per heavy atom. The first-order valence-corrected chi connectivity index (χ1v) is 6.67. The van der Waals surface area contributed by atoms with Crippen LogP contribution in [0.2, 0.25) is 0 Å². The van der Waals surface area contributed by atoms with Crippen LogP contribution in [0.25, 0.3) is 0 Å². The molecule has 2 aromatic rings. The van der Waals surface area contributed by atoms with E-state index >= 15 is 0 Å². The van der Waals surface area contributed by atoms with Crippen molar-refractivity contribution in [3.05, 3.63) is 54.1 Å². The quantitative estimate of drug-likeness (QED) is 0.396. The molecular formula is C15H16N2O2S. The van der Waals surface area contributed by atoms with Crippen LogP contribution < -0.4 is 10.6 Å². The molecule has 0 amide bonds. The average molecular weight is 288 g/mol. The SMILES string of the molecule is Oc1ccc(NC(=S)NCCc2ccccc2)cc1O. The van der Waals surface area contributed by atoms with E-state index in [0.717, 1.165) is 13.0 Å². The summed E-state index contributed by atoms with van der Waals surface area (Å²) in [6.45, 7) is 0.722. The number of rotatable bonds is 4. The molecule has 0 unspecified atom stereocenters. The van der Waals surface area contributed by atoms with Crippen LogP contribution >= 0.6 is 12.2 Å². The summed E-state index contributed by atoms with van der Waals surface area (Å²) in [4.78, 5) is 0. The van der Waals surface area contributed by atoms with Gasteiger partial charge in [0, 0.05) is 18.3 Å². The fourth-order valence-electron chi connectivity index (χ4n) is 1.74. The van der Waals surface area contributed by atoms with Gasteiger partial charge in [0.25, 0.3) is 0 Å². The molecule has 0 radical (unpaired) electrons. The molecule has 0 atom stereocenters. The normalized spacial score (nSPS) is 10.0. The minimum absolute atomic E-state index is 0.154. The average Bonchev–Trinajstić information content (AvgIpc) is 2.44. The molecule has 0 spiro atoms. The predicted molar refractivity (Wildman–Crippen MR) is 84.1 cm³/mol. The Labute approximate surface area is 123 Å². The van der Waals surface area contributed by atoms with Crippen molar-refractivity contribution in [3.63, 3.8) is 0 Å². The van der Waals surface area contributed by atoms with Crippen LogP contribution in [-0.2, 0) is 6.42 Å². The zero-order chi connectivity index (χ0) is 14.4. The fraction of sp³-hybridized carbons (Fsp3) is 0.133. The van der Waals surface area contributed by atoms with Crippen molar-refractivity contribution in [2.75, 3.05) is 11.9 Å². The predicted octanol–water partition coefficient (Wildman–Crippen LogP) is 2.63. The zero-order valence-corrected chi connectivity index (χ0v) is 11.7. The molecule has 0 fully saturated rings. The summed E-state index contributed by atoms with van der Waals surface area (Å²) < 4.78 is 0. The number of hydrogen-bond donors (Lipinski definition) is 4. The van der Waals surface area contributed by atoms with Gasteiger partial charge >= 0.3 is 0 Å². The van der Waals surface area contributed by atoms with Crippen LogP contribution in [0.1, 0.15) is 5.56 Å². The highest BCUT2D eigenvalue weighted by atomic mass is 32.1. The summed E-state index contributed by atoms with van der Waals surface area (Å²) in [5, 5.41) is 25.1. The molecule has 0 aromatic heterocycles. The van der Waals surface area contributed by atoms with Crippen LogP contribution in [0, 0.1) is 0 Å². The number of benzene rings is 2. The van der Waals surface area contributed by atoms with E-state index in [9.17, 15) is 10.2 Å². The molecule has 0 saturated heterocycles. The topological polar surface area (TPSA) is 64.5 Å². The summed E-state index contributed by atoms with van der Waals surface area (Å²) in [5.41, 5.74) is 1.86. The van der Waals surface area contributed by atoms with Crippen molar-refractivity contribution < 1.29 is 10.2 Å². The standard InChI is InChI=1S/C15H16N2O2S/c18-13-7-6-12(10-14(13)19)17-15(20)16-9-8-11-4-2-1-3-5-11/h1-7,10,18-19H,8-9H2,(H2,16,17,20). The number of nitrogens with one attached hydrogen (secondary N) is 2. The molecule has 2 rings (SSSR count). The molecule has 0 bridgehead atoms. The van der Waals surface area contributed by atoms with Gasteiger partial charge in [-0.25, -0.2) is 0 Å². The van der Waals surface area contributed by atoms with E-state index in [1.54, 1.807) is 6.07 Å². The second-order valence-electron chi connectivity index (χ2n) is 4.32. The maximum Gasteiger partial charge on any atom is 0.170 e. The van der Waals surface area contributed by atoms with Crippen molar-refractivity contribution >= 4 is 23.0 Å². The van der Waals surface area contributed by atoms with Gasteiger partial charge in [-0.15, -0.1) is 0 Å². The van der Waals surface area contributed by atoms with Crippen molar-refractivity contribution in [2.45, 2.75) is 6.42 Å². The van der Waals surface area contributed by atoms with Gasteiger partial charge in [-0.3, -0.25) is 0 Å². The number of thiocarbonyl (C=S) groups is 1. The molecule has 4 N–H and O–H groups in total. The molecule has 5 heteroatoms. The number of aromatic hydroxyl groups is 2. The first-order chi connectivity index (χ1) is 9.65. The summed E-state index contributed by atoms with van der Waals surface area (Å²) in [6.07, 6.45) is 0.878. The summed E-state index contributed by atoms with van der Waals surface area (Å²) >= 11 is 5.16. The molecule has 0 saturated carbocycles. The molecule has 0 aliphatic carbocycles. The molecule has 20 heavy (non-hydrogen) atoms. The van der Waals surface area contributed by atoms with Crippen molar-refractivity contribution in [1.29, 1.82) is 0 Å². The maximum atomic E-state index is 9.38. The van der Waals surface area contributed by atoms with E-state index in [0.29, 0.717) is 10.8 Å². The Balaban J connectivity index is 1.79. The monoisotopic (exact) mass is 288 g/mol. The first-order valence-electron chi connectivity index (χ1n) is 6.26. The first kappa shape index (κ1) is 14.1. The Morgan fingerprint density at radius 3 is 2.45 bits per heavy atom. The third kappa shape index (κ3) is 4.13. The zero-order valence-electron chi connectivity index (χ0n) is 10.8. The highest BCUT2D eigenvalue weighted by Crippen LogP contribution is 2.27. The third-order valence-electron chi connectivity index (χ3n) is 2.78. The number of anilines is 1. The number of phenols is 2. The van der Waals surface area contributed by atoms with Crippen LogP contribution in [-0.4, -0.2) is 21.9 Å². The lowest BCUT2D eigenvalue weighted by Crippen LogP contribution is -2.30. The minimum atomic E-state index is -0.179. The largest absolute Gasteiger partial charge is 0.504 e. The van der Waals surface area contributed by atoms with Gasteiger partial charge in [-0.1, -0.05) is 30.3 Å². The summed E-state index contributed by atoms with van der Waals surface area (Å²) in [7, 11) is 0. The molecule has 0 aliphatic heterocycles. The summed E-state index contributed by atoms with van der Waals surface area (Å²) in [5.74, 6) is -0.333. The van der Waals surface area contributed by atoms with E-state index in [4.69, 9.17) is 12.2 Å². The molecule has 0 heterocycles. The lowest BCUT2D eigenvalue weighted by Gasteiger charge is -2.11. The van der Waals surface area contributed by atoms with Crippen LogP contribution in [0.4, 0.5) is 5.69 Å². The molecule has 4 nitrogen and oxygen atoms in total. The molecular weight excluding hydrogens is 272 g/mol. The Hall–Kier alpha value is -2.27. The van der Waals surface area contributed by atoms with Gasteiger partial charge in [-0.05, 0) is 36.3 Å². The van der Waals surface area contributed by atoms with Gasteiger partial charge in [0.15, 0.2) is 16.6 Å². The summed E-state index contributed by atoms with van der Waals surface area (Å²) in [6, 6.07) is 14.6. The lowest BCUT2D eigenvalue weighted by atomic mass is 10.1. The van der Waals surface area contributed by atoms with E-state index in [-0.39, 0.29) is 11.5 Å². The van der Waals surface area contributed by atoms with Gasteiger partial charge in [0.1, 0.15) is 0 Å². The Bertz CT molecular complexity index is 588. The van der Waals surface area contributed by atoms with E-state index in [2.05, 4.69) is 22.8 Å². The Kier molecular flexibility index (Phi) is 4.79. The van der Waals surface area contributed by atoms with Crippen molar-refractivity contribution in [1.82, 2.24) is 5.32 Å². The van der Waals surface area contributed by atoms with Gasteiger partial charge in [0.2, 0.25) is 0 Å². The lowest BCUT2D eigenvalue weighted by molar-refractivity contribution is 0.404. The van der Waals surface area contributed by atoms with E-state index in [1.807, 2.05) is 18.2 Å². The number of hydrogen-bond acceptors (Lipinski definition) is 3. The van der Waals surface area contributed by atoms with Crippen molar-refractivity contribution in [2.24, 2.45) is 0 Å². The minimum Gasteiger partial charge on any atom is -0.504 e. The molecule has 104 valence electrons. The highest BCUT2D eigenvalue weighted by Gasteiger charge is 2.02. The van der Waals surface area contributed by atoms with Crippen LogP contribution in [0.3, 0.4) is 0 Å². The highest BCUT2D eigenvalue weighted by molar-refractivity contribution is 7.80. The van der Waals surface area contributed by atoms with E-state index in [1.165, 1.54) is 17.7 Å². The third-order valence-corrected chi connectivity index (χ3v) is 3.02. The van der Waals surface area contributed by atoms with Gasteiger partial charge in [-0.2, -0.15) is 0 Å². The van der Waals surface area contributed by atoms with Crippen LogP contribution in [0.15, 0.2) is 48.5 Å². The molecule has 0 aliphatic rings. The number of phenolic OH excluding ortho intramolecular Hbond substituents is 2. The van der Waals surface area contributed by atoms with Crippen molar-refractivity contribution in [3.8, 4) is 11.5 Å². The van der Waals surface area contributed by atoms with E-state index < -0.39 is 0 Å². The second-order valence-corrected chi connectivity index (χ2v) is 4.73. The Morgan fingerprint density at radius 1 is 1.00 bits per heavy atom. The molecule has 2 aromatic carbocycles. The maximum absolute atomic E-state index is 9.38. The van der Waals surface area contributed by atoms with Gasteiger partial charge in [0.05, 0.1) is 0 Å². The second kappa shape index (κ2) is 6.77. The smallest absolute Gasteiger partial charge is 0.170 e. The fourth-order valence-corrected chi connectivity index (χ4v) is 1.96.